The second-order valence-electron chi connectivity index (χ2n) is 6.11. The summed E-state index contributed by atoms with van der Waals surface area (Å²) in [7, 11) is 0. The number of halogens is 1. The lowest BCUT2D eigenvalue weighted by molar-refractivity contribution is 0.198. The van der Waals surface area contributed by atoms with Crippen molar-refractivity contribution in [3.63, 3.8) is 0 Å². The average molecular weight is 339 g/mol. The highest BCUT2D eigenvalue weighted by Gasteiger charge is 2.26. The van der Waals surface area contributed by atoms with Crippen LogP contribution in [0.2, 0.25) is 0 Å². The minimum Gasteiger partial charge on any atom is -0.389 e. The van der Waals surface area contributed by atoms with Crippen LogP contribution in [0.1, 0.15) is 31.4 Å². The first-order chi connectivity index (χ1) is 9.63. The van der Waals surface area contributed by atoms with Gasteiger partial charge in [0.1, 0.15) is 0 Å². The molecule has 3 nitrogen and oxygen atoms in total. The molecule has 0 unspecified atom stereocenters. The van der Waals surface area contributed by atoms with Crippen LogP contribution in [0, 0.1) is 5.92 Å². The largest absolute Gasteiger partial charge is 0.389 e. The Morgan fingerprint density at radius 2 is 1.95 bits per heavy atom. The minimum absolute atomic E-state index is 0.422. The Morgan fingerprint density at radius 1 is 1.25 bits per heavy atom. The maximum absolute atomic E-state index is 9.68. The molecule has 1 aliphatic heterocycles. The highest BCUT2D eigenvalue weighted by molar-refractivity contribution is 9.10. The molecule has 0 aromatic heterocycles. The highest BCUT2D eigenvalue weighted by atomic mass is 79.9. The van der Waals surface area contributed by atoms with Gasteiger partial charge in [-0.15, -0.1) is 0 Å². The number of rotatable bonds is 4. The Hall–Kier alpha value is -0.580. The zero-order chi connectivity index (χ0) is 14.1. The molecule has 110 valence electrons. The van der Waals surface area contributed by atoms with E-state index in [1.807, 2.05) is 6.07 Å². The first-order valence-electron chi connectivity index (χ1n) is 7.58. The summed E-state index contributed by atoms with van der Waals surface area (Å²) in [5.41, 5.74) is 2.22. The molecule has 3 rings (SSSR count). The van der Waals surface area contributed by atoms with Gasteiger partial charge in [0.15, 0.2) is 0 Å². The normalized spacial score (nSPS) is 22.1. The van der Waals surface area contributed by atoms with E-state index in [9.17, 15) is 5.11 Å². The molecule has 0 radical (unpaired) electrons. The fraction of sp³-hybridized carbons (Fsp3) is 0.625. The van der Waals surface area contributed by atoms with Crippen molar-refractivity contribution >= 4 is 21.6 Å². The molecule has 1 saturated carbocycles. The van der Waals surface area contributed by atoms with Crippen LogP contribution < -0.4 is 4.90 Å². The molecule has 1 heterocycles. The van der Waals surface area contributed by atoms with Crippen molar-refractivity contribution in [3.8, 4) is 0 Å². The summed E-state index contributed by atoms with van der Waals surface area (Å²) < 4.78 is 1.01. The Bertz CT molecular complexity index is 466. The van der Waals surface area contributed by atoms with Crippen LogP contribution in [0.5, 0.6) is 0 Å². The number of piperazine rings is 1. The molecule has 1 N–H and O–H groups in total. The average Bonchev–Trinajstić information content (AvgIpc) is 3.23. The van der Waals surface area contributed by atoms with Crippen LogP contribution >= 0.6 is 15.9 Å². The molecule has 20 heavy (non-hydrogen) atoms. The number of aliphatic hydroxyl groups excluding tert-OH is 1. The van der Waals surface area contributed by atoms with Gasteiger partial charge < -0.3 is 10.0 Å². The Morgan fingerprint density at radius 3 is 2.50 bits per heavy atom. The molecule has 2 fully saturated rings. The summed E-state index contributed by atoms with van der Waals surface area (Å²) in [6, 6.07) is 6.29. The SMILES string of the molecule is C[C@H](O)c1ccc(N2CCN(CC3CC3)CC2)cc1Br. The molecular formula is C16H23BrN2O. The molecular weight excluding hydrogens is 316 g/mol. The van der Waals surface area contributed by atoms with Gasteiger partial charge in [-0.1, -0.05) is 22.0 Å². The molecule has 1 saturated heterocycles. The summed E-state index contributed by atoms with van der Waals surface area (Å²) in [5.74, 6) is 0.987. The highest BCUT2D eigenvalue weighted by Crippen LogP contribution is 2.31. The van der Waals surface area contributed by atoms with Crippen molar-refractivity contribution in [1.29, 1.82) is 0 Å². The zero-order valence-corrected chi connectivity index (χ0v) is 13.6. The van der Waals surface area contributed by atoms with Crippen molar-refractivity contribution in [3.05, 3.63) is 28.2 Å². The quantitative estimate of drug-likeness (QED) is 0.913. The van der Waals surface area contributed by atoms with Crippen LogP contribution in [-0.2, 0) is 0 Å². The van der Waals surface area contributed by atoms with Gasteiger partial charge in [0, 0.05) is 42.9 Å². The van der Waals surface area contributed by atoms with Gasteiger partial charge >= 0.3 is 0 Å². The lowest BCUT2D eigenvalue weighted by atomic mass is 10.1. The summed E-state index contributed by atoms with van der Waals surface area (Å²) in [6.45, 7) is 7.66. The molecule has 2 aliphatic rings. The Labute approximate surface area is 129 Å². The van der Waals surface area contributed by atoms with Gasteiger partial charge in [-0.05, 0) is 43.4 Å². The third kappa shape index (κ3) is 3.35. The summed E-state index contributed by atoms with van der Waals surface area (Å²) in [5, 5.41) is 9.68. The molecule has 1 atom stereocenters. The van der Waals surface area contributed by atoms with Gasteiger partial charge in [0.05, 0.1) is 6.10 Å². The predicted octanol–water partition coefficient (Wildman–Crippen LogP) is 3.03. The molecule has 1 aromatic carbocycles. The summed E-state index contributed by atoms with van der Waals surface area (Å²) >= 11 is 3.57. The predicted molar refractivity (Wildman–Crippen MR) is 86.2 cm³/mol. The van der Waals surface area contributed by atoms with Gasteiger partial charge in [0.2, 0.25) is 0 Å². The number of anilines is 1. The second kappa shape index (κ2) is 6.04. The smallest absolute Gasteiger partial charge is 0.0772 e. The number of aliphatic hydroxyl groups is 1. The van der Waals surface area contributed by atoms with Crippen LogP contribution in [0.25, 0.3) is 0 Å². The van der Waals surface area contributed by atoms with E-state index in [-0.39, 0.29) is 0 Å². The minimum atomic E-state index is -0.422. The maximum atomic E-state index is 9.68. The van der Waals surface area contributed by atoms with Gasteiger partial charge in [-0.2, -0.15) is 0 Å². The second-order valence-corrected chi connectivity index (χ2v) is 6.97. The van der Waals surface area contributed by atoms with Gasteiger partial charge in [0.25, 0.3) is 0 Å². The standard InChI is InChI=1S/C16H23BrN2O/c1-12(20)15-5-4-14(10-16(15)17)19-8-6-18(7-9-19)11-13-2-3-13/h4-5,10,12-13,20H,2-3,6-9,11H2,1H3/t12-/m0/s1. The summed E-state index contributed by atoms with van der Waals surface area (Å²) in [4.78, 5) is 5.05. The topological polar surface area (TPSA) is 26.7 Å². The number of nitrogens with zero attached hydrogens (tertiary/aromatic N) is 2. The monoisotopic (exact) mass is 338 g/mol. The lowest BCUT2D eigenvalue weighted by Crippen LogP contribution is -2.47. The molecule has 0 spiro atoms. The Kier molecular flexibility index (Phi) is 4.34. The number of hydrogen-bond donors (Lipinski definition) is 1. The fourth-order valence-corrected chi connectivity index (χ4v) is 3.60. The van der Waals surface area contributed by atoms with Crippen molar-refractivity contribution in [2.45, 2.75) is 25.9 Å². The van der Waals surface area contributed by atoms with Crippen LogP contribution in [-0.4, -0.2) is 42.7 Å². The van der Waals surface area contributed by atoms with E-state index in [2.05, 4.69) is 37.9 Å². The van der Waals surface area contributed by atoms with E-state index in [1.165, 1.54) is 38.2 Å². The van der Waals surface area contributed by atoms with Crippen molar-refractivity contribution in [2.24, 2.45) is 5.92 Å². The molecule has 1 aliphatic carbocycles. The molecule has 1 aromatic rings. The molecule has 4 heteroatoms. The maximum Gasteiger partial charge on any atom is 0.0772 e. The van der Waals surface area contributed by atoms with E-state index in [0.717, 1.165) is 29.0 Å². The van der Waals surface area contributed by atoms with Crippen molar-refractivity contribution in [2.75, 3.05) is 37.6 Å². The zero-order valence-electron chi connectivity index (χ0n) is 12.1. The van der Waals surface area contributed by atoms with E-state index < -0.39 is 6.10 Å². The van der Waals surface area contributed by atoms with Crippen molar-refractivity contribution in [1.82, 2.24) is 4.90 Å². The van der Waals surface area contributed by atoms with Gasteiger partial charge in [-0.3, -0.25) is 4.90 Å². The van der Waals surface area contributed by atoms with Crippen LogP contribution in [0.4, 0.5) is 5.69 Å². The third-order valence-corrected chi connectivity index (χ3v) is 5.07. The first-order valence-corrected chi connectivity index (χ1v) is 8.37. The Balaban J connectivity index is 1.61. The van der Waals surface area contributed by atoms with Gasteiger partial charge in [-0.25, -0.2) is 0 Å². The fourth-order valence-electron chi connectivity index (χ4n) is 2.91. The molecule has 0 bridgehead atoms. The first kappa shape index (κ1) is 14.4. The number of hydrogen-bond acceptors (Lipinski definition) is 3. The van der Waals surface area contributed by atoms with E-state index in [0.29, 0.717) is 0 Å². The summed E-state index contributed by atoms with van der Waals surface area (Å²) in [6.07, 6.45) is 2.45. The van der Waals surface area contributed by atoms with E-state index >= 15 is 0 Å². The van der Waals surface area contributed by atoms with E-state index in [4.69, 9.17) is 0 Å². The van der Waals surface area contributed by atoms with Crippen molar-refractivity contribution < 1.29 is 5.11 Å². The number of benzene rings is 1. The lowest BCUT2D eigenvalue weighted by Gasteiger charge is -2.36. The third-order valence-electron chi connectivity index (χ3n) is 4.38. The van der Waals surface area contributed by atoms with Crippen LogP contribution in [0.15, 0.2) is 22.7 Å². The van der Waals surface area contributed by atoms with E-state index in [1.54, 1.807) is 6.92 Å². The van der Waals surface area contributed by atoms with Crippen LogP contribution in [0.3, 0.4) is 0 Å². The molecule has 0 amide bonds.